The SMILES string of the molecule is CC1CN(c2ccc(C(C)(C)C)cc2OC(F)F)CC(C)O1. The first-order chi connectivity index (χ1) is 10.2. The molecule has 0 spiro atoms. The minimum atomic E-state index is -2.83. The average molecular weight is 313 g/mol. The van der Waals surface area contributed by atoms with E-state index in [9.17, 15) is 8.78 Å². The quantitative estimate of drug-likeness (QED) is 0.835. The van der Waals surface area contributed by atoms with Crippen molar-refractivity contribution in [2.24, 2.45) is 0 Å². The van der Waals surface area contributed by atoms with Crippen LogP contribution in [0.25, 0.3) is 0 Å². The number of halogens is 2. The summed E-state index contributed by atoms with van der Waals surface area (Å²) in [4.78, 5) is 2.06. The zero-order chi connectivity index (χ0) is 16.5. The minimum Gasteiger partial charge on any atom is -0.433 e. The van der Waals surface area contributed by atoms with Crippen LogP contribution in [0.1, 0.15) is 40.2 Å². The molecule has 1 aromatic rings. The molecule has 1 saturated heterocycles. The van der Waals surface area contributed by atoms with Gasteiger partial charge in [0.05, 0.1) is 17.9 Å². The second kappa shape index (κ2) is 6.41. The van der Waals surface area contributed by atoms with E-state index in [4.69, 9.17) is 9.47 Å². The predicted octanol–water partition coefficient (Wildman–Crippen LogP) is 4.20. The van der Waals surface area contributed by atoms with Gasteiger partial charge in [-0.2, -0.15) is 8.78 Å². The summed E-state index contributed by atoms with van der Waals surface area (Å²) < 4.78 is 36.1. The van der Waals surface area contributed by atoms with E-state index in [0.717, 1.165) is 5.56 Å². The third-order valence-corrected chi connectivity index (χ3v) is 3.80. The number of alkyl halides is 2. The Morgan fingerprint density at radius 2 is 1.77 bits per heavy atom. The lowest BCUT2D eigenvalue weighted by molar-refractivity contribution is -0.0500. The fourth-order valence-corrected chi connectivity index (χ4v) is 2.81. The van der Waals surface area contributed by atoms with Crippen LogP contribution in [0.5, 0.6) is 5.75 Å². The highest BCUT2D eigenvalue weighted by Crippen LogP contribution is 2.36. The lowest BCUT2D eigenvalue weighted by Crippen LogP contribution is -2.45. The lowest BCUT2D eigenvalue weighted by atomic mass is 9.87. The maximum atomic E-state index is 12.8. The van der Waals surface area contributed by atoms with Gasteiger partial charge in [0.1, 0.15) is 5.75 Å². The number of anilines is 1. The van der Waals surface area contributed by atoms with Crippen molar-refractivity contribution in [1.82, 2.24) is 0 Å². The second-order valence-corrected chi connectivity index (χ2v) is 6.97. The highest BCUT2D eigenvalue weighted by molar-refractivity contribution is 5.61. The van der Waals surface area contributed by atoms with E-state index >= 15 is 0 Å². The molecule has 1 heterocycles. The number of ether oxygens (including phenoxy) is 2. The third kappa shape index (κ3) is 4.09. The smallest absolute Gasteiger partial charge is 0.387 e. The molecule has 1 aliphatic rings. The van der Waals surface area contributed by atoms with Crippen molar-refractivity contribution in [3.05, 3.63) is 23.8 Å². The van der Waals surface area contributed by atoms with Crippen molar-refractivity contribution in [3.8, 4) is 5.75 Å². The fraction of sp³-hybridized carbons (Fsp3) is 0.647. The van der Waals surface area contributed by atoms with Gasteiger partial charge in [-0.15, -0.1) is 0 Å². The van der Waals surface area contributed by atoms with Gasteiger partial charge < -0.3 is 14.4 Å². The standard InChI is InChI=1S/C17H25F2NO2/c1-11-9-20(10-12(2)21-11)14-7-6-13(17(3,4)5)8-15(14)22-16(18)19/h6-8,11-12,16H,9-10H2,1-5H3. The van der Waals surface area contributed by atoms with Gasteiger partial charge >= 0.3 is 6.61 Å². The Balaban J connectivity index is 2.37. The molecule has 0 aliphatic carbocycles. The molecule has 0 N–H and O–H groups in total. The Morgan fingerprint density at radius 3 is 2.27 bits per heavy atom. The molecule has 0 saturated carbocycles. The van der Waals surface area contributed by atoms with Crippen LogP contribution in [0.3, 0.4) is 0 Å². The molecule has 0 aromatic heterocycles. The molecule has 0 radical (unpaired) electrons. The summed E-state index contributed by atoms with van der Waals surface area (Å²) in [6.45, 7) is 8.62. The van der Waals surface area contributed by atoms with Crippen molar-refractivity contribution >= 4 is 5.69 Å². The molecule has 0 bridgehead atoms. The van der Waals surface area contributed by atoms with Crippen LogP contribution in [0.2, 0.25) is 0 Å². The summed E-state index contributed by atoms with van der Waals surface area (Å²) >= 11 is 0. The van der Waals surface area contributed by atoms with E-state index in [-0.39, 0.29) is 23.4 Å². The average Bonchev–Trinajstić information content (AvgIpc) is 2.35. The van der Waals surface area contributed by atoms with Crippen molar-refractivity contribution in [3.63, 3.8) is 0 Å². The molecule has 2 rings (SSSR count). The highest BCUT2D eigenvalue weighted by atomic mass is 19.3. The van der Waals surface area contributed by atoms with E-state index in [0.29, 0.717) is 18.8 Å². The van der Waals surface area contributed by atoms with Crippen molar-refractivity contribution < 1.29 is 18.3 Å². The van der Waals surface area contributed by atoms with Gasteiger partial charge in [-0.05, 0) is 37.0 Å². The molecule has 2 unspecified atom stereocenters. The first kappa shape index (κ1) is 17.0. The van der Waals surface area contributed by atoms with Crippen LogP contribution < -0.4 is 9.64 Å². The monoisotopic (exact) mass is 313 g/mol. The number of rotatable bonds is 3. The number of morpholine rings is 1. The molecule has 0 amide bonds. The van der Waals surface area contributed by atoms with E-state index in [1.54, 1.807) is 6.07 Å². The summed E-state index contributed by atoms with van der Waals surface area (Å²) in [5.74, 6) is 0.240. The molecule has 22 heavy (non-hydrogen) atoms. The minimum absolute atomic E-state index is 0.0606. The van der Waals surface area contributed by atoms with E-state index in [1.807, 2.05) is 46.8 Å². The van der Waals surface area contributed by atoms with Crippen LogP contribution in [0.4, 0.5) is 14.5 Å². The zero-order valence-corrected chi connectivity index (χ0v) is 13.9. The Hall–Kier alpha value is -1.36. The molecule has 1 aliphatic heterocycles. The Kier molecular flexibility index (Phi) is 4.95. The topological polar surface area (TPSA) is 21.7 Å². The second-order valence-electron chi connectivity index (χ2n) is 6.97. The van der Waals surface area contributed by atoms with E-state index in [1.165, 1.54) is 0 Å². The Labute approximate surface area is 131 Å². The van der Waals surface area contributed by atoms with Crippen LogP contribution >= 0.6 is 0 Å². The predicted molar refractivity (Wildman–Crippen MR) is 84.0 cm³/mol. The first-order valence-electron chi connectivity index (χ1n) is 7.66. The molecule has 2 atom stereocenters. The van der Waals surface area contributed by atoms with Crippen molar-refractivity contribution in [2.45, 2.75) is 58.9 Å². The van der Waals surface area contributed by atoms with Gasteiger partial charge in [-0.1, -0.05) is 26.8 Å². The largest absolute Gasteiger partial charge is 0.433 e. The zero-order valence-electron chi connectivity index (χ0n) is 13.9. The van der Waals surface area contributed by atoms with Crippen LogP contribution in [-0.4, -0.2) is 31.9 Å². The van der Waals surface area contributed by atoms with Gasteiger partial charge in [0.2, 0.25) is 0 Å². The number of nitrogens with zero attached hydrogens (tertiary/aromatic N) is 1. The van der Waals surface area contributed by atoms with Gasteiger partial charge in [0, 0.05) is 13.1 Å². The molecule has 124 valence electrons. The highest BCUT2D eigenvalue weighted by Gasteiger charge is 2.26. The number of benzene rings is 1. The Morgan fingerprint density at radius 1 is 1.18 bits per heavy atom. The van der Waals surface area contributed by atoms with Gasteiger partial charge in [0.25, 0.3) is 0 Å². The normalized spacial score (nSPS) is 23.0. The third-order valence-electron chi connectivity index (χ3n) is 3.80. The summed E-state index contributed by atoms with van der Waals surface area (Å²) in [5.41, 5.74) is 1.56. The summed E-state index contributed by atoms with van der Waals surface area (Å²) in [6.07, 6.45) is 0.121. The van der Waals surface area contributed by atoms with E-state index < -0.39 is 6.61 Å². The molecule has 1 fully saturated rings. The van der Waals surface area contributed by atoms with Crippen LogP contribution in [-0.2, 0) is 10.2 Å². The Bertz CT molecular complexity index is 504. The first-order valence-corrected chi connectivity index (χ1v) is 7.66. The summed E-state index contributed by atoms with van der Waals surface area (Å²) in [7, 11) is 0. The van der Waals surface area contributed by atoms with Gasteiger partial charge in [0.15, 0.2) is 0 Å². The van der Waals surface area contributed by atoms with Gasteiger partial charge in [-0.3, -0.25) is 0 Å². The van der Waals surface area contributed by atoms with Crippen molar-refractivity contribution in [1.29, 1.82) is 0 Å². The summed E-state index contributed by atoms with van der Waals surface area (Å²) in [5, 5.41) is 0. The maximum Gasteiger partial charge on any atom is 0.387 e. The maximum absolute atomic E-state index is 12.8. The summed E-state index contributed by atoms with van der Waals surface area (Å²) in [6, 6.07) is 5.59. The molecule has 3 nitrogen and oxygen atoms in total. The fourth-order valence-electron chi connectivity index (χ4n) is 2.81. The van der Waals surface area contributed by atoms with Gasteiger partial charge in [-0.25, -0.2) is 0 Å². The molecular formula is C17H25F2NO2. The van der Waals surface area contributed by atoms with Crippen molar-refractivity contribution in [2.75, 3.05) is 18.0 Å². The lowest BCUT2D eigenvalue weighted by Gasteiger charge is -2.37. The van der Waals surface area contributed by atoms with E-state index in [2.05, 4.69) is 4.90 Å². The van der Waals surface area contributed by atoms with Crippen LogP contribution in [0, 0.1) is 0 Å². The number of hydrogen-bond acceptors (Lipinski definition) is 3. The molecule has 1 aromatic carbocycles. The molecular weight excluding hydrogens is 288 g/mol. The number of hydrogen-bond donors (Lipinski definition) is 0. The van der Waals surface area contributed by atoms with Crippen LogP contribution in [0.15, 0.2) is 18.2 Å². The molecule has 5 heteroatoms.